The average Bonchev–Trinajstić information content (AvgIpc) is 2.29. The quantitative estimate of drug-likeness (QED) is 0.554. The summed E-state index contributed by atoms with van der Waals surface area (Å²) in [6.45, 7) is 1.59. The van der Waals surface area contributed by atoms with E-state index in [0.29, 0.717) is 6.04 Å². The van der Waals surface area contributed by atoms with Crippen LogP contribution in [-0.4, -0.2) is 37.7 Å². The molecule has 2 aliphatic rings. The van der Waals surface area contributed by atoms with Crippen molar-refractivity contribution in [1.29, 1.82) is 0 Å². The topological polar surface area (TPSA) is 37.4 Å². The second kappa shape index (κ2) is 4.62. The highest BCUT2D eigenvalue weighted by Crippen LogP contribution is 2.26. The molecule has 1 aliphatic heterocycles. The van der Waals surface area contributed by atoms with Crippen molar-refractivity contribution in [3.63, 3.8) is 0 Å². The molecule has 3 nitrogen and oxygen atoms in total. The molecular weight excluding hydrogens is 198 g/mol. The van der Waals surface area contributed by atoms with Crippen LogP contribution in [0.25, 0.3) is 0 Å². The fourth-order valence-corrected chi connectivity index (χ4v) is 3.23. The van der Waals surface area contributed by atoms with Crippen molar-refractivity contribution in [3.8, 4) is 0 Å². The summed E-state index contributed by atoms with van der Waals surface area (Å²) in [5, 5.41) is -0.0479. The third-order valence-electron chi connectivity index (χ3n) is 3.53. The molecule has 1 saturated heterocycles. The van der Waals surface area contributed by atoms with Gasteiger partial charge in [0.15, 0.2) is 0 Å². The van der Waals surface area contributed by atoms with E-state index in [1.807, 2.05) is 0 Å². The van der Waals surface area contributed by atoms with Crippen LogP contribution in [0.5, 0.6) is 0 Å². The molecule has 1 heterocycles. The standard InChI is InChI=1S/C10H19NO2S/c12-14(13)10-7-11(8-10)9-5-3-1-2-4-6-9/h9-10,14H,1-8H2. The zero-order chi connectivity index (χ0) is 9.97. The number of likely N-dealkylation sites (tertiary alicyclic amines) is 1. The Hall–Kier alpha value is -0.0900. The Morgan fingerprint density at radius 1 is 0.929 bits per heavy atom. The predicted octanol–water partition coefficient (Wildman–Crippen LogP) is 1.00. The Morgan fingerprint density at radius 2 is 1.50 bits per heavy atom. The fourth-order valence-electron chi connectivity index (χ4n) is 2.54. The van der Waals surface area contributed by atoms with E-state index < -0.39 is 10.7 Å². The minimum Gasteiger partial charge on any atom is -0.298 e. The van der Waals surface area contributed by atoms with Crippen LogP contribution in [0.15, 0.2) is 0 Å². The van der Waals surface area contributed by atoms with Crippen LogP contribution in [0.1, 0.15) is 38.5 Å². The number of rotatable bonds is 2. The number of hydrogen-bond donors (Lipinski definition) is 1. The van der Waals surface area contributed by atoms with E-state index in [1.54, 1.807) is 0 Å². The van der Waals surface area contributed by atoms with Gasteiger partial charge in [0.05, 0.1) is 5.25 Å². The highest BCUT2D eigenvalue weighted by atomic mass is 32.2. The van der Waals surface area contributed by atoms with Crippen molar-refractivity contribution in [2.45, 2.75) is 49.8 Å². The van der Waals surface area contributed by atoms with Crippen LogP contribution >= 0.6 is 0 Å². The molecular formula is C10H19NO2S. The Bertz CT molecular complexity index is 243. The van der Waals surface area contributed by atoms with Crippen molar-refractivity contribution < 1.29 is 8.42 Å². The maximum Gasteiger partial charge on any atom is 0.145 e. The van der Waals surface area contributed by atoms with Crippen LogP contribution in [0.4, 0.5) is 0 Å². The summed E-state index contributed by atoms with van der Waals surface area (Å²) in [6, 6.07) is 0.684. The highest BCUT2D eigenvalue weighted by Gasteiger charge is 2.33. The lowest BCUT2D eigenvalue weighted by molar-refractivity contribution is 0.111. The predicted molar refractivity (Wildman–Crippen MR) is 57.2 cm³/mol. The first-order chi connectivity index (χ1) is 6.77. The average molecular weight is 217 g/mol. The van der Waals surface area contributed by atoms with E-state index in [-0.39, 0.29) is 5.25 Å². The maximum atomic E-state index is 10.7. The molecule has 0 amide bonds. The molecule has 0 aromatic heterocycles. The van der Waals surface area contributed by atoms with Gasteiger partial charge in [-0.3, -0.25) is 4.90 Å². The van der Waals surface area contributed by atoms with E-state index in [4.69, 9.17) is 0 Å². The van der Waals surface area contributed by atoms with Crippen LogP contribution in [0, 0.1) is 0 Å². The molecule has 2 fully saturated rings. The van der Waals surface area contributed by atoms with E-state index in [2.05, 4.69) is 4.90 Å². The van der Waals surface area contributed by atoms with Crippen molar-refractivity contribution in [2.75, 3.05) is 13.1 Å². The van der Waals surface area contributed by atoms with E-state index >= 15 is 0 Å². The normalized spacial score (nSPS) is 27.5. The lowest BCUT2D eigenvalue weighted by Gasteiger charge is -2.41. The first kappa shape index (κ1) is 10.4. The van der Waals surface area contributed by atoms with Crippen LogP contribution in [-0.2, 0) is 10.7 Å². The molecule has 0 N–H and O–H groups in total. The number of nitrogens with zero attached hydrogens (tertiary/aromatic N) is 1. The van der Waals surface area contributed by atoms with Gasteiger partial charge in [0.1, 0.15) is 10.7 Å². The largest absolute Gasteiger partial charge is 0.298 e. The second-order valence-electron chi connectivity index (χ2n) is 4.54. The molecule has 82 valence electrons. The fraction of sp³-hybridized carbons (Fsp3) is 1.00. The summed E-state index contributed by atoms with van der Waals surface area (Å²) in [5.41, 5.74) is 0. The van der Waals surface area contributed by atoms with Gasteiger partial charge >= 0.3 is 0 Å². The SMILES string of the molecule is O=[SH](=O)C1CN(C2CCCCCC2)C1. The van der Waals surface area contributed by atoms with Gasteiger partial charge in [0.25, 0.3) is 0 Å². The Balaban J connectivity index is 1.80. The van der Waals surface area contributed by atoms with Gasteiger partial charge < -0.3 is 0 Å². The zero-order valence-corrected chi connectivity index (χ0v) is 9.42. The second-order valence-corrected chi connectivity index (χ2v) is 5.84. The van der Waals surface area contributed by atoms with Crippen LogP contribution in [0.2, 0.25) is 0 Å². The molecule has 0 spiro atoms. The monoisotopic (exact) mass is 217 g/mol. The molecule has 0 unspecified atom stereocenters. The molecule has 0 aromatic carbocycles. The van der Waals surface area contributed by atoms with Gasteiger partial charge in [-0.25, -0.2) is 8.42 Å². The Kier molecular flexibility index (Phi) is 3.44. The van der Waals surface area contributed by atoms with Crippen LogP contribution < -0.4 is 0 Å². The first-order valence-corrected chi connectivity index (χ1v) is 6.89. The molecule has 0 bridgehead atoms. The minimum atomic E-state index is -2.17. The zero-order valence-electron chi connectivity index (χ0n) is 8.52. The lowest BCUT2D eigenvalue weighted by Crippen LogP contribution is -2.55. The van der Waals surface area contributed by atoms with E-state index in [1.165, 1.54) is 38.5 Å². The summed E-state index contributed by atoms with van der Waals surface area (Å²) >= 11 is 0. The van der Waals surface area contributed by atoms with Gasteiger partial charge in [-0.1, -0.05) is 25.7 Å². The van der Waals surface area contributed by atoms with Crippen molar-refractivity contribution >= 4 is 10.7 Å². The summed E-state index contributed by atoms with van der Waals surface area (Å²) < 4.78 is 21.4. The Labute approximate surface area is 87.4 Å². The van der Waals surface area contributed by atoms with Gasteiger partial charge in [-0.05, 0) is 12.8 Å². The summed E-state index contributed by atoms with van der Waals surface area (Å²) in [7, 11) is -2.17. The molecule has 1 aliphatic carbocycles. The molecule has 14 heavy (non-hydrogen) atoms. The number of thiol groups is 1. The summed E-state index contributed by atoms with van der Waals surface area (Å²) in [5.74, 6) is 0. The minimum absolute atomic E-state index is 0.0479. The third kappa shape index (κ3) is 2.28. The van der Waals surface area contributed by atoms with Crippen molar-refractivity contribution in [2.24, 2.45) is 0 Å². The molecule has 0 radical (unpaired) electrons. The van der Waals surface area contributed by atoms with Gasteiger partial charge in [-0.2, -0.15) is 0 Å². The molecule has 2 rings (SSSR count). The summed E-state index contributed by atoms with van der Waals surface area (Å²) in [4.78, 5) is 2.36. The van der Waals surface area contributed by atoms with Gasteiger partial charge in [0.2, 0.25) is 0 Å². The third-order valence-corrected chi connectivity index (χ3v) is 4.45. The molecule has 0 atom stereocenters. The van der Waals surface area contributed by atoms with Crippen LogP contribution in [0.3, 0.4) is 0 Å². The Morgan fingerprint density at radius 3 is 2.00 bits per heavy atom. The van der Waals surface area contributed by atoms with Gasteiger partial charge in [-0.15, -0.1) is 0 Å². The maximum absolute atomic E-state index is 10.7. The lowest BCUT2D eigenvalue weighted by atomic mass is 10.0. The van der Waals surface area contributed by atoms with E-state index in [0.717, 1.165) is 13.1 Å². The van der Waals surface area contributed by atoms with Crippen molar-refractivity contribution in [1.82, 2.24) is 4.90 Å². The smallest absolute Gasteiger partial charge is 0.145 e. The molecule has 0 aromatic rings. The van der Waals surface area contributed by atoms with Crippen molar-refractivity contribution in [3.05, 3.63) is 0 Å². The number of hydrogen-bond acceptors (Lipinski definition) is 3. The molecule has 4 heteroatoms. The highest BCUT2D eigenvalue weighted by molar-refractivity contribution is 7.73. The van der Waals surface area contributed by atoms with E-state index in [9.17, 15) is 8.42 Å². The van der Waals surface area contributed by atoms with Gasteiger partial charge in [0, 0.05) is 19.1 Å². The summed E-state index contributed by atoms with van der Waals surface area (Å²) in [6.07, 6.45) is 7.95. The molecule has 1 saturated carbocycles. The first-order valence-electron chi connectivity index (χ1n) is 5.65.